The minimum atomic E-state index is 0.667. The third kappa shape index (κ3) is 2.65. The number of rotatable bonds is 4. The van der Waals surface area contributed by atoms with E-state index in [4.69, 9.17) is 0 Å². The minimum Gasteiger partial charge on any atom is -0.346 e. The molecule has 2 aromatic heterocycles. The van der Waals surface area contributed by atoms with Crippen molar-refractivity contribution in [1.29, 1.82) is 0 Å². The lowest BCUT2D eigenvalue weighted by atomic mass is 10.0. The molecule has 1 saturated heterocycles. The number of piperidine rings is 1. The summed E-state index contributed by atoms with van der Waals surface area (Å²) < 4.78 is 0. The first kappa shape index (κ1) is 12.6. The first-order valence-electron chi connectivity index (χ1n) is 7.24. The Morgan fingerprint density at radius 2 is 2.42 bits per heavy atom. The van der Waals surface area contributed by atoms with E-state index in [1.807, 2.05) is 12.3 Å². The van der Waals surface area contributed by atoms with Crippen LogP contribution in [-0.4, -0.2) is 40.5 Å². The van der Waals surface area contributed by atoms with Crippen LogP contribution in [0.3, 0.4) is 0 Å². The highest BCUT2D eigenvalue weighted by atomic mass is 15.2. The molecular weight excluding hydrogens is 236 g/mol. The van der Waals surface area contributed by atoms with Crippen molar-refractivity contribution in [2.24, 2.45) is 0 Å². The van der Waals surface area contributed by atoms with Crippen molar-refractivity contribution >= 4 is 11.0 Å². The maximum absolute atomic E-state index is 4.36. The summed E-state index contributed by atoms with van der Waals surface area (Å²) >= 11 is 0. The van der Waals surface area contributed by atoms with Crippen molar-refractivity contribution in [2.45, 2.75) is 32.4 Å². The van der Waals surface area contributed by atoms with Gasteiger partial charge in [0.2, 0.25) is 0 Å². The highest BCUT2D eigenvalue weighted by molar-refractivity contribution is 5.79. The molecule has 1 unspecified atom stereocenters. The molecule has 3 heterocycles. The highest BCUT2D eigenvalue weighted by Gasteiger charge is 2.20. The van der Waals surface area contributed by atoms with Crippen LogP contribution in [0.4, 0.5) is 0 Å². The Morgan fingerprint density at radius 1 is 1.47 bits per heavy atom. The van der Waals surface area contributed by atoms with E-state index in [-0.39, 0.29) is 0 Å². The average molecular weight is 258 g/mol. The summed E-state index contributed by atoms with van der Waals surface area (Å²) in [5, 5.41) is 4.76. The minimum absolute atomic E-state index is 0.667. The van der Waals surface area contributed by atoms with Gasteiger partial charge in [-0.25, -0.2) is 4.98 Å². The molecule has 3 rings (SSSR count). The Balaban J connectivity index is 1.78. The maximum atomic E-state index is 4.36. The second-order valence-corrected chi connectivity index (χ2v) is 5.28. The second-order valence-electron chi connectivity index (χ2n) is 5.28. The van der Waals surface area contributed by atoms with E-state index in [1.54, 1.807) is 0 Å². The van der Waals surface area contributed by atoms with E-state index in [0.29, 0.717) is 6.04 Å². The number of fused-ring (bicyclic) bond motifs is 1. The summed E-state index contributed by atoms with van der Waals surface area (Å²) in [7, 11) is 0. The van der Waals surface area contributed by atoms with Crippen LogP contribution in [-0.2, 0) is 6.54 Å². The average Bonchev–Trinajstić information content (AvgIpc) is 2.89. The molecule has 1 atom stereocenters. The Bertz CT molecular complexity index is 528. The monoisotopic (exact) mass is 258 g/mol. The first-order valence-corrected chi connectivity index (χ1v) is 7.24. The molecular formula is C15H22N4. The molecule has 0 radical (unpaired) electrons. The molecule has 0 spiro atoms. The molecule has 4 heteroatoms. The largest absolute Gasteiger partial charge is 0.346 e. The van der Waals surface area contributed by atoms with Gasteiger partial charge in [0.1, 0.15) is 5.65 Å². The molecule has 0 bridgehead atoms. The molecule has 0 amide bonds. The molecule has 2 N–H and O–H groups in total. The zero-order chi connectivity index (χ0) is 13.1. The fourth-order valence-corrected chi connectivity index (χ4v) is 3.01. The zero-order valence-electron chi connectivity index (χ0n) is 11.5. The normalized spacial score (nSPS) is 20.2. The van der Waals surface area contributed by atoms with E-state index in [2.05, 4.69) is 39.4 Å². The number of likely N-dealkylation sites (N-methyl/N-ethyl adjacent to an activating group) is 1. The molecule has 4 nitrogen and oxygen atoms in total. The first-order chi connectivity index (χ1) is 9.38. The third-order valence-corrected chi connectivity index (χ3v) is 4.10. The summed E-state index contributed by atoms with van der Waals surface area (Å²) in [6, 6.07) is 4.83. The van der Waals surface area contributed by atoms with Gasteiger partial charge in [0.25, 0.3) is 0 Å². The van der Waals surface area contributed by atoms with Crippen molar-refractivity contribution in [1.82, 2.24) is 20.2 Å². The number of pyridine rings is 1. The molecule has 2 aromatic rings. The lowest BCUT2D eigenvalue weighted by Gasteiger charge is -2.33. The third-order valence-electron chi connectivity index (χ3n) is 4.10. The summed E-state index contributed by atoms with van der Waals surface area (Å²) in [6.07, 6.45) is 6.54. The standard InChI is InChI=1S/C15H22N4/c1-2-19(13-5-3-7-16-10-13)11-12-9-18-15-14(12)6-4-8-17-15/h4,6,8-9,13,16H,2-3,5,7,10-11H2,1H3,(H,17,18). The molecule has 19 heavy (non-hydrogen) atoms. The molecule has 1 aliphatic rings. The number of aromatic nitrogens is 2. The van der Waals surface area contributed by atoms with E-state index >= 15 is 0 Å². The highest BCUT2D eigenvalue weighted by Crippen LogP contribution is 2.20. The second kappa shape index (κ2) is 5.72. The van der Waals surface area contributed by atoms with Crippen LogP contribution in [0.2, 0.25) is 0 Å². The fraction of sp³-hybridized carbons (Fsp3) is 0.533. The van der Waals surface area contributed by atoms with Crippen LogP contribution >= 0.6 is 0 Å². The van der Waals surface area contributed by atoms with E-state index in [9.17, 15) is 0 Å². The van der Waals surface area contributed by atoms with E-state index in [0.717, 1.165) is 25.3 Å². The zero-order valence-corrected chi connectivity index (χ0v) is 11.5. The van der Waals surface area contributed by atoms with Gasteiger partial charge in [-0.1, -0.05) is 6.92 Å². The fourth-order valence-electron chi connectivity index (χ4n) is 3.01. The Morgan fingerprint density at radius 3 is 3.21 bits per heavy atom. The van der Waals surface area contributed by atoms with Gasteiger partial charge in [0, 0.05) is 36.9 Å². The SMILES string of the molecule is CCN(Cc1c[nH]c2ncccc12)C1CCCNC1. The molecule has 102 valence electrons. The van der Waals surface area contributed by atoms with Crippen LogP contribution in [0, 0.1) is 0 Å². The number of hydrogen-bond donors (Lipinski definition) is 2. The molecule has 1 fully saturated rings. The Kier molecular flexibility index (Phi) is 3.80. The summed E-state index contributed by atoms with van der Waals surface area (Å²) in [6.45, 7) is 6.65. The Hall–Kier alpha value is -1.39. The maximum Gasteiger partial charge on any atom is 0.137 e. The van der Waals surface area contributed by atoms with Crippen LogP contribution < -0.4 is 5.32 Å². The number of nitrogens with zero attached hydrogens (tertiary/aromatic N) is 2. The predicted octanol–water partition coefficient (Wildman–Crippen LogP) is 2.14. The van der Waals surface area contributed by atoms with Crippen LogP contribution in [0.25, 0.3) is 11.0 Å². The van der Waals surface area contributed by atoms with E-state index in [1.165, 1.54) is 30.3 Å². The summed E-state index contributed by atoms with van der Waals surface area (Å²) in [5.74, 6) is 0. The van der Waals surface area contributed by atoms with Gasteiger partial charge in [-0.15, -0.1) is 0 Å². The molecule has 0 saturated carbocycles. The lowest BCUT2D eigenvalue weighted by molar-refractivity contribution is 0.166. The lowest BCUT2D eigenvalue weighted by Crippen LogP contribution is -2.45. The number of hydrogen-bond acceptors (Lipinski definition) is 3. The quantitative estimate of drug-likeness (QED) is 0.883. The topological polar surface area (TPSA) is 44.0 Å². The smallest absolute Gasteiger partial charge is 0.137 e. The number of H-pyrrole nitrogens is 1. The van der Waals surface area contributed by atoms with Crippen molar-refractivity contribution in [2.75, 3.05) is 19.6 Å². The number of aromatic amines is 1. The van der Waals surface area contributed by atoms with Gasteiger partial charge in [-0.3, -0.25) is 4.90 Å². The molecule has 1 aliphatic heterocycles. The van der Waals surface area contributed by atoms with Crippen molar-refractivity contribution < 1.29 is 0 Å². The van der Waals surface area contributed by atoms with Gasteiger partial charge in [0.15, 0.2) is 0 Å². The molecule has 0 aliphatic carbocycles. The van der Waals surface area contributed by atoms with Crippen LogP contribution in [0.15, 0.2) is 24.5 Å². The van der Waals surface area contributed by atoms with Gasteiger partial charge in [0.05, 0.1) is 0 Å². The van der Waals surface area contributed by atoms with E-state index < -0.39 is 0 Å². The van der Waals surface area contributed by atoms with Crippen molar-refractivity contribution in [3.05, 3.63) is 30.1 Å². The van der Waals surface area contributed by atoms with Crippen molar-refractivity contribution in [3.63, 3.8) is 0 Å². The predicted molar refractivity (Wildman–Crippen MR) is 78.1 cm³/mol. The molecule has 0 aromatic carbocycles. The van der Waals surface area contributed by atoms with Gasteiger partial charge < -0.3 is 10.3 Å². The van der Waals surface area contributed by atoms with Gasteiger partial charge in [-0.05, 0) is 43.6 Å². The van der Waals surface area contributed by atoms with Crippen LogP contribution in [0.1, 0.15) is 25.3 Å². The Labute approximate surface area is 114 Å². The van der Waals surface area contributed by atoms with Gasteiger partial charge in [-0.2, -0.15) is 0 Å². The van der Waals surface area contributed by atoms with Crippen LogP contribution in [0.5, 0.6) is 0 Å². The van der Waals surface area contributed by atoms with Crippen molar-refractivity contribution in [3.8, 4) is 0 Å². The van der Waals surface area contributed by atoms with Gasteiger partial charge >= 0.3 is 0 Å². The number of nitrogens with one attached hydrogen (secondary N) is 2. The summed E-state index contributed by atoms with van der Waals surface area (Å²) in [5.41, 5.74) is 2.35. The summed E-state index contributed by atoms with van der Waals surface area (Å²) in [4.78, 5) is 10.2.